The molecule has 2 atom stereocenters. The smallest absolute Gasteiger partial charge is 0.266 e. The molecule has 4 aromatic rings. The van der Waals surface area contributed by atoms with Crippen LogP contribution in [0.3, 0.4) is 0 Å². The molecule has 5 rings (SSSR count). The van der Waals surface area contributed by atoms with Gasteiger partial charge in [-0.15, -0.1) is 0 Å². The molecule has 0 fully saturated rings. The second-order valence-corrected chi connectivity index (χ2v) is 12.8. The van der Waals surface area contributed by atoms with Crippen molar-refractivity contribution in [2.45, 2.75) is 30.9 Å². The number of hydrogen-bond acceptors (Lipinski definition) is 8. The Morgan fingerprint density at radius 1 is 0.915 bits per heavy atom. The van der Waals surface area contributed by atoms with Gasteiger partial charge in [-0.2, -0.15) is 0 Å². The summed E-state index contributed by atoms with van der Waals surface area (Å²) in [5.74, 6) is 2.16. The molecule has 1 amide bonds. The van der Waals surface area contributed by atoms with E-state index >= 15 is 0 Å². The van der Waals surface area contributed by atoms with E-state index in [4.69, 9.17) is 29.0 Å². The van der Waals surface area contributed by atoms with E-state index < -0.39 is 11.6 Å². The lowest BCUT2D eigenvalue weighted by atomic mass is 9.82. The van der Waals surface area contributed by atoms with E-state index in [9.17, 15) is 4.79 Å². The highest BCUT2D eigenvalue weighted by molar-refractivity contribution is 9.10. The van der Waals surface area contributed by atoms with Crippen molar-refractivity contribution in [1.29, 1.82) is 0 Å². The quantitative estimate of drug-likeness (QED) is 0.0956. The first-order valence-corrected chi connectivity index (χ1v) is 16.8. The van der Waals surface area contributed by atoms with Crippen LogP contribution in [0.2, 0.25) is 0 Å². The van der Waals surface area contributed by atoms with E-state index in [0.29, 0.717) is 43.2 Å². The topological polar surface area (TPSA) is 111 Å². The highest BCUT2D eigenvalue weighted by Gasteiger charge is 2.53. The van der Waals surface area contributed by atoms with Gasteiger partial charge in [-0.1, -0.05) is 56.1 Å². The van der Waals surface area contributed by atoms with Crippen molar-refractivity contribution in [2.24, 2.45) is 4.99 Å². The second-order valence-electron chi connectivity index (χ2n) is 11.0. The molecule has 0 saturated heterocycles. The van der Waals surface area contributed by atoms with Gasteiger partial charge in [0.25, 0.3) is 5.91 Å². The van der Waals surface area contributed by atoms with Gasteiger partial charge in [0, 0.05) is 40.5 Å². The molecule has 3 N–H and O–H groups in total. The largest absolute Gasteiger partial charge is 0.497 e. The number of methoxy groups -OCH3 is 2. The first-order valence-electron chi connectivity index (χ1n) is 15.2. The minimum atomic E-state index is -1.35. The standard InChI is InChI=1S/C36H37Br2N3O6/c1-44-31-16-17-32(45-2)27(22-31)18-19-39-41-35(43)36(23-24-4-10-28(37)11-5-24)33(25-6-12-29(38)13-7-25)47-34(40-36)26-8-14-30(15-9-26)46-21-3-20-42/h4-17,22,33,39,42H,3,18-21,23H2,1-2H3,(H,41,43)/t33-,36-/m0/s1. The van der Waals surface area contributed by atoms with Crippen LogP contribution in [0.4, 0.5) is 0 Å². The monoisotopic (exact) mass is 765 g/mol. The molecule has 0 saturated carbocycles. The Morgan fingerprint density at radius 2 is 1.60 bits per heavy atom. The summed E-state index contributed by atoms with van der Waals surface area (Å²) in [6, 6.07) is 28.6. The number of halogens is 2. The van der Waals surface area contributed by atoms with Crippen LogP contribution in [0.15, 0.2) is 105 Å². The zero-order chi connectivity index (χ0) is 33.2. The summed E-state index contributed by atoms with van der Waals surface area (Å²) in [5.41, 5.74) is 8.10. The second kappa shape index (κ2) is 16.3. The fourth-order valence-electron chi connectivity index (χ4n) is 5.36. The third kappa shape index (κ3) is 8.53. The first kappa shape index (κ1) is 34.4. The third-order valence-corrected chi connectivity index (χ3v) is 8.86. The third-order valence-electron chi connectivity index (χ3n) is 7.80. The molecule has 246 valence electrons. The maximum absolute atomic E-state index is 14.4. The number of nitrogens with one attached hydrogen (secondary N) is 2. The molecule has 0 radical (unpaired) electrons. The lowest BCUT2D eigenvalue weighted by molar-refractivity contribution is -0.130. The maximum Gasteiger partial charge on any atom is 0.266 e. The summed E-state index contributed by atoms with van der Waals surface area (Å²) in [7, 11) is 3.25. The molecule has 1 aliphatic rings. The van der Waals surface area contributed by atoms with Crippen molar-refractivity contribution >= 4 is 43.7 Å². The summed E-state index contributed by atoms with van der Waals surface area (Å²) < 4.78 is 25.1. The zero-order valence-corrected chi connectivity index (χ0v) is 29.3. The summed E-state index contributed by atoms with van der Waals surface area (Å²) in [6.07, 6.45) is 0.676. The van der Waals surface area contributed by atoms with E-state index in [1.807, 2.05) is 91.0 Å². The predicted octanol–water partition coefficient (Wildman–Crippen LogP) is 6.35. The molecular weight excluding hydrogens is 730 g/mol. The highest BCUT2D eigenvalue weighted by Crippen LogP contribution is 2.43. The zero-order valence-electron chi connectivity index (χ0n) is 26.2. The predicted molar refractivity (Wildman–Crippen MR) is 188 cm³/mol. The van der Waals surface area contributed by atoms with Gasteiger partial charge in [0.15, 0.2) is 11.6 Å². The fraction of sp³-hybridized carbons (Fsp3) is 0.278. The molecule has 0 aliphatic carbocycles. The Kier molecular flexibility index (Phi) is 11.9. The molecule has 11 heteroatoms. The Balaban J connectivity index is 1.46. The van der Waals surface area contributed by atoms with Gasteiger partial charge < -0.3 is 24.1 Å². The van der Waals surface area contributed by atoms with Crippen LogP contribution in [0, 0.1) is 0 Å². The van der Waals surface area contributed by atoms with E-state index in [2.05, 4.69) is 42.7 Å². The van der Waals surface area contributed by atoms with Gasteiger partial charge in [0.05, 0.1) is 20.8 Å². The number of hydrogen-bond donors (Lipinski definition) is 3. The van der Waals surface area contributed by atoms with Crippen LogP contribution < -0.4 is 25.1 Å². The Labute approximate surface area is 291 Å². The number of carbonyl (C=O) groups is 1. The van der Waals surface area contributed by atoms with Crippen LogP contribution >= 0.6 is 31.9 Å². The summed E-state index contributed by atoms with van der Waals surface area (Å²) in [4.78, 5) is 19.5. The lowest BCUT2D eigenvalue weighted by Gasteiger charge is -2.31. The molecule has 0 unspecified atom stereocenters. The minimum absolute atomic E-state index is 0.0622. The first-order chi connectivity index (χ1) is 22.8. The highest BCUT2D eigenvalue weighted by atomic mass is 79.9. The molecule has 4 aromatic carbocycles. The van der Waals surface area contributed by atoms with Crippen molar-refractivity contribution in [2.75, 3.05) is 34.0 Å². The van der Waals surface area contributed by atoms with E-state index in [-0.39, 0.29) is 18.9 Å². The van der Waals surface area contributed by atoms with Crippen LogP contribution in [-0.2, 0) is 22.4 Å². The molecule has 1 heterocycles. The average Bonchev–Trinajstić information content (AvgIpc) is 3.48. The van der Waals surface area contributed by atoms with Crippen molar-refractivity contribution in [3.05, 3.63) is 122 Å². The number of aliphatic hydroxyl groups is 1. The van der Waals surface area contributed by atoms with Gasteiger partial charge in [-0.3, -0.25) is 10.2 Å². The lowest BCUT2D eigenvalue weighted by Crippen LogP contribution is -2.54. The van der Waals surface area contributed by atoms with Gasteiger partial charge >= 0.3 is 0 Å². The molecule has 0 spiro atoms. The molecule has 9 nitrogen and oxygen atoms in total. The van der Waals surface area contributed by atoms with E-state index in [1.54, 1.807) is 14.2 Å². The van der Waals surface area contributed by atoms with E-state index in [0.717, 1.165) is 37.1 Å². The number of rotatable bonds is 15. The number of hydrazine groups is 1. The SMILES string of the molecule is COc1ccc(OC)c(CCNNC(=O)[C@@]2(Cc3ccc(Br)cc3)N=C(c3ccc(OCCCO)cc3)O[C@H]2c2ccc(Br)cc2)c1. The Bertz CT molecular complexity index is 1670. The Morgan fingerprint density at radius 3 is 2.26 bits per heavy atom. The van der Waals surface area contributed by atoms with Crippen molar-refractivity contribution in [3.63, 3.8) is 0 Å². The van der Waals surface area contributed by atoms with Crippen LogP contribution in [0.1, 0.15) is 34.8 Å². The van der Waals surface area contributed by atoms with Gasteiger partial charge in [0.1, 0.15) is 17.2 Å². The average molecular weight is 768 g/mol. The number of benzene rings is 4. The van der Waals surface area contributed by atoms with Gasteiger partial charge in [-0.25, -0.2) is 10.4 Å². The number of aliphatic imine (C=N–C) groups is 1. The van der Waals surface area contributed by atoms with Crippen LogP contribution in [0.5, 0.6) is 17.2 Å². The normalized spacial score (nSPS) is 17.0. The van der Waals surface area contributed by atoms with E-state index in [1.165, 1.54) is 0 Å². The molecule has 0 bridgehead atoms. The van der Waals surface area contributed by atoms with Crippen LogP contribution in [0.25, 0.3) is 0 Å². The summed E-state index contributed by atoms with van der Waals surface area (Å²) >= 11 is 7.04. The number of amides is 1. The fourth-order valence-corrected chi connectivity index (χ4v) is 5.89. The maximum atomic E-state index is 14.4. The molecule has 47 heavy (non-hydrogen) atoms. The van der Waals surface area contributed by atoms with Crippen LogP contribution in [-0.4, -0.2) is 56.4 Å². The number of nitrogens with zero attached hydrogens (tertiary/aromatic N) is 1. The molecule has 1 aliphatic heterocycles. The minimum Gasteiger partial charge on any atom is -0.497 e. The Hall–Kier alpha value is -3.90. The molecule has 0 aromatic heterocycles. The van der Waals surface area contributed by atoms with Gasteiger partial charge in [0.2, 0.25) is 5.90 Å². The summed E-state index contributed by atoms with van der Waals surface area (Å²) in [6.45, 7) is 0.904. The number of aliphatic hydroxyl groups excluding tert-OH is 1. The molecular formula is C36H37Br2N3O6. The van der Waals surface area contributed by atoms with Crippen molar-refractivity contribution in [3.8, 4) is 17.2 Å². The number of ether oxygens (including phenoxy) is 4. The van der Waals surface area contributed by atoms with Crippen molar-refractivity contribution in [1.82, 2.24) is 10.9 Å². The summed E-state index contributed by atoms with van der Waals surface area (Å²) in [5, 5.41) is 9.08. The number of carbonyl (C=O) groups excluding carboxylic acids is 1. The van der Waals surface area contributed by atoms with Crippen molar-refractivity contribution < 1.29 is 28.8 Å². The van der Waals surface area contributed by atoms with Gasteiger partial charge in [-0.05, 0) is 89.8 Å².